The van der Waals surface area contributed by atoms with E-state index in [0.717, 1.165) is 0 Å². The topological polar surface area (TPSA) is 72.0 Å². The molecule has 1 aromatic heterocycles. The van der Waals surface area contributed by atoms with Crippen LogP contribution in [0.2, 0.25) is 15.2 Å². The number of benzene rings is 1. The molecule has 0 aliphatic carbocycles. The van der Waals surface area contributed by atoms with E-state index in [1.165, 1.54) is 30.6 Å². The Balaban J connectivity index is 2.41. The lowest BCUT2D eigenvalue weighted by Gasteiger charge is -2.09. The largest absolute Gasteiger partial charge is 0.264 e. The van der Waals surface area contributed by atoms with Gasteiger partial charge in [-0.1, -0.05) is 40.9 Å². The van der Waals surface area contributed by atoms with E-state index in [4.69, 9.17) is 34.8 Å². The number of rotatable bonds is 3. The van der Waals surface area contributed by atoms with Crippen LogP contribution in [0.5, 0.6) is 0 Å². The number of anilines is 1. The third-order valence-electron chi connectivity index (χ3n) is 2.05. The molecule has 100 valence electrons. The van der Waals surface area contributed by atoms with Crippen molar-refractivity contribution in [1.29, 1.82) is 0 Å². The van der Waals surface area contributed by atoms with E-state index in [1.807, 2.05) is 0 Å². The molecule has 0 radical (unpaired) electrons. The molecular weight excluding hydrogens is 333 g/mol. The Morgan fingerprint density at radius 3 is 2.53 bits per heavy atom. The molecule has 0 saturated heterocycles. The second-order valence-corrected chi connectivity index (χ2v) is 6.21. The van der Waals surface area contributed by atoms with Crippen molar-refractivity contribution in [3.05, 3.63) is 45.8 Å². The van der Waals surface area contributed by atoms with Gasteiger partial charge in [-0.2, -0.15) is 0 Å². The lowest BCUT2D eigenvalue weighted by atomic mass is 10.4. The lowest BCUT2D eigenvalue weighted by molar-refractivity contribution is 0.601. The van der Waals surface area contributed by atoms with Crippen LogP contribution in [-0.4, -0.2) is 18.4 Å². The van der Waals surface area contributed by atoms with Crippen LogP contribution in [0.3, 0.4) is 0 Å². The van der Waals surface area contributed by atoms with E-state index >= 15 is 0 Å². The molecule has 2 aromatic rings. The summed E-state index contributed by atoms with van der Waals surface area (Å²) in [6.07, 6.45) is 2.51. The highest BCUT2D eigenvalue weighted by Crippen LogP contribution is 2.29. The fourth-order valence-corrected chi connectivity index (χ4v) is 3.17. The van der Waals surface area contributed by atoms with Crippen molar-refractivity contribution in [2.45, 2.75) is 4.90 Å². The number of aromatic nitrogens is 2. The van der Waals surface area contributed by atoms with Crippen LogP contribution < -0.4 is 4.72 Å². The summed E-state index contributed by atoms with van der Waals surface area (Å²) in [5.41, 5.74) is 0. The summed E-state index contributed by atoms with van der Waals surface area (Å²) in [5, 5.41) is 0.144. The molecule has 19 heavy (non-hydrogen) atoms. The van der Waals surface area contributed by atoms with E-state index < -0.39 is 10.0 Å². The Morgan fingerprint density at radius 1 is 1.11 bits per heavy atom. The van der Waals surface area contributed by atoms with Gasteiger partial charge < -0.3 is 0 Å². The van der Waals surface area contributed by atoms with Gasteiger partial charge in [0.05, 0.1) is 22.4 Å². The minimum atomic E-state index is -3.91. The minimum absolute atomic E-state index is 0.0106. The average Bonchev–Trinajstić information content (AvgIpc) is 2.32. The Bertz CT molecular complexity index is 722. The first kappa shape index (κ1) is 14.3. The maximum atomic E-state index is 12.1. The molecule has 0 bridgehead atoms. The van der Waals surface area contributed by atoms with Gasteiger partial charge >= 0.3 is 0 Å². The Morgan fingerprint density at radius 2 is 1.84 bits per heavy atom. The number of halogens is 3. The molecule has 0 aliphatic rings. The van der Waals surface area contributed by atoms with Crippen LogP contribution in [-0.2, 0) is 10.0 Å². The van der Waals surface area contributed by atoms with E-state index in [1.54, 1.807) is 0 Å². The highest BCUT2D eigenvalue weighted by atomic mass is 35.5. The zero-order chi connectivity index (χ0) is 14.0. The summed E-state index contributed by atoms with van der Waals surface area (Å²) in [7, 11) is -3.91. The molecule has 5 nitrogen and oxygen atoms in total. The fourth-order valence-electron chi connectivity index (χ4n) is 1.28. The van der Waals surface area contributed by atoms with Crippen LogP contribution in [0.1, 0.15) is 0 Å². The van der Waals surface area contributed by atoms with Gasteiger partial charge in [0.25, 0.3) is 10.0 Å². The smallest absolute Gasteiger partial charge is 0.262 e. The first-order chi connectivity index (χ1) is 8.90. The van der Waals surface area contributed by atoms with E-state index in [0.29, 0.717) is 0 Å². The van der Waals surface area contributed by atoms with Gasteiger partial charge in [0.2, 0.25) is 0 Å². The molecule has 1 aromatic carbocycles. The Hall–Kier alpha value is -1.08. The molecular formula is C10H6Cl3N3O2S. The SMILES string of the molecule is O=S(=O)(Nc1cncc(Cl)n1)c1cccc(Cl)c1Cl. The lowest BCUT2D eigenvalue weighted by Crippen LogP contribution is -2.14. The maximum Gasteiger partial charge on any atom is 0.264 e. The normalized spacial score (nSPS) is 11.3. The van der Waals surface area contributed by atoms with Crippen LogP contribution >= 0.6 is 34.8 Å². The number of hydrogen-bond donors (Lipinski definition) is 1. The van der Waals surface area contributed by atoms with Crippen molar-refractivity contribution in [1.82, 2.24) is 9.97 Å². The summed E-state index contributed by atoms with van der Waals surface area (Å²) in [6.45, 7) is 0. The van der Waals surface area contributed by atoms with E-state index in [2.05, 4.69) is 14.7 Å². The zero-order valence-electron chi connectivity index (χ0n) is 9.14. The van der Waals surface area contributed by atoms with Crippen molar-refractivity contribution in [3.63, 3.8) is 0 Å². The summed E-state index contributed by atoms with van der Waals surface area (Å²) in [4.78, 5) is 7.34. The van der Waals surface area contributed by atoms with Crippen LogP contribution in [0.25, 0.3) is 0 Å². The average molecular weight is 339 g/mol. The van der Waals surface area contributed by atoms with Gasteiger partial charge in [-0.15, -0.1) is 0 Å². The molecule has 0 unspecified atom stereocenters. The Labute approximate surface area is 124 Å². The van der Waals surface area contributed by atoms with Gasteiger partial charge in [0, 0.05) is 0 Å². The molecule has 0 atom stereocenters. The first-order valence-corrected chi connectivity index (χ1v) is 7.46. The predicted octanol–water partition coefficient (Wildman–Crippen LogP) is 3.24. The maximum absolute atomic E-state index is 12.1. The minimum Gasteiger partial charge on any atom is -0.262 e. The van der Waals surface area contributed by atoms with Gasteiger partial charge in [-0.3, -0.25) is 9.71 Å². The van der Waals surface area contributed by atoms with Gasteiger partial charge in [-0.25, -0.2) is 13.4 Å². The van der Waals surface area contributed by atoms with Gasteiger partial charge in [0.1, 0.15) is 10.0 Å². The quantitative estimate of drug-likeness (QED) is 0.932. The van der Waals surface area contributed by atoms with E-state index in [-0.39, 0.29) is 25.9 Å². The molecule has 0 aliphatic heterocycles. The standard InChI is InChI=1S/C10H6Cl3N3O2S/c11-6-2-1-3-7(10(6)13)19(17,18)16-9-5-14-4-8(12)15-9/h1-5H,(H,15,16). The van der Waals surface area contributed by atoms with Crippen LogP contribution in [0.4, 0.5) is 5.82 Å². The molecule has 0 amide bonds. The van der Waals surface area contributed by atoms with Gasteiger partial charge in [-0.05, 0) is 12.1 Å². The molecule has 0 fully saturated rings. The molecule has 1 heterocycles. The third-order valence-corrected chi connectivity index (χ3v) is 4.56. The first-order valence-electron chi connectivity index (χ1n) is 4.84. The van der Waals surface area contributed by atoms with Crippen molar-refractivity contribution < 1.29 is 8.42 Å². The van der Waals surface area contributed by atoms with Crippen molar-refractivity contribution >= 4 is 50.6 Å². The monoisotopic (exact) mass is 337 g/mol. The van der Waals surface area contributed by atoms with Crippen molar-refractivity contribution in [2.75, 3.05) is 4.72 Å². The third kappa shape index (κ3) is 3.27. The molecule has 9 heteroatoms. The van der Waals surface area contributed by atoms with E-state index in [9.17, 15) is 8.42 Å². The summed E-state index contributed by atoms with van der Waals surface area (Å²) in [6, 6.07) is 4.29. The fraction of sp³-hybridized carbons (Fsp3) is 0. The summed E-state index contributed by atoms with van der Waals surface area (Å²) >= 11 is 17.3. The number of nitrogens with one attached hydrogen (secondary N) is 1. The van der Waals surface area contributed by atoms with Crippen molar-refractivity contribution in [2.24, 2.45) is 0 Å². The Kier molecular flexibility index (Phi) is 4.15. The second-order valence-electron chi connectivity index (χ2n) is 3.38. The number of nitrogens with zero attached hydrogens (tertiary/aromatic N) is 2. The predicted molar refractivity (Wildman–Crippen MR) is 74.3 cm³/mol. The van der Waals surface area contributed by atoms with Crippen LogP contribution in [0, 0.1) is 0 Å². The second kappa shape index (κ2) is 5.50. The highest BCUT2D eigenvalue weighted by Gasteiger charge is 2.20. The molecule has 1 N–H and O–H groups in total. The van der Waals surface area contributed by atoms with Gasteiger partial charge in [0.15, 0.2) is 5.82 Å². The van der Waals surface area contributed by atoms with Crippen LogP contribution in [0.15, 0.2) is 35.5 Å². The molecule has 0 saturated carbocycles. The summed E-state index contributed by atoms with van der Waals surface area (Å²) < 4.78 is 26.5. The zero-order valence-corrected chi connectivity index (χ0v) is 12.2. The number of hydrogen-bond acceptors (Lipinski definition) is 4. The molecule has 2 rings (SSSR count). The molecule has 0 spiro atoms. The van der Waals surface area contributed by atoms with Crippen molar-refractivity contribution in [3.8, 4) is 0 Å². The summed E-state index contributed by atoms with van der Waals surface area (Å²) in [5.74, 6) is -0.0106. The highest BCUT2D eigenvalue weighted by molar-refractivity contribution is 7.92. The number of sulfonamides is 1.